The first kappa shape index (κ1) is 7.61. The van der Waals surface area contributed by atoms with Crippen LogP contribution in [0.2, 0.25) is 0 Å². The Morgan fingerprint density at radius 3 is 2.25 bits per heavy atom. The third kappa shape index (κ3) is 2.73. The zero-order chi connectivity index (χ0) is 6.57. The molecule has 0 aromatic carbocycles. The van der Waals surface area contributed by atoms with Crippen LogP contribution in [0.1, 0.15) is 0 Å². The average molecular weight is 134 g/mol. The van der Waals surface area contributed by atoms with Crippen LogP contribution >= 0.6 is 12.2 Å². The molecule has 48 valence electrons. The van der Waals surface area contributed by atoms with Crippen molar-refractivity contribution in [3.63, 3.8) is 0 Å². The average Bonchev–Trinajstić information content (AvgIpc) is 1.67. The van der Waals surface area contributed by atoms with Crippen LogP contribution in [0.25, 0.3) is 0 Å². The molecular weight excluding hydrogens is 124 g/mol. The van der Waals surface area contributed by atoms with Gasteiger partial charge in [-0.2, -0.15) is 5.53 Å². The monoisotopic (exact) mass is 134 g/mol. The summed E-state index contributed by atoms with van der Waals surface area (Å²) in [6, 6.07) is 0. The summed E-state index contributed by atoms with van der Waals surface area (Å²) in [7, 11) is 3.65. The highest BCUT2D eigenvalue weighted by atomic mass is 32.1. The quantitative estimate of drug-likeness (QED) is 0.239. The molecule has 0 atom stereocenters. The Kier molecular flexibility index (Phi) is 3.42. The molecule has 0 amide bonds. The van der Waals surface area contributed by atoms with Crippen molar-refractivity contribution in [1.29, 1.82) is 0 Å². The van der Waals surface area contributed by atoms with Gasteiger partial charge in [-0.3, -0.25) is 11.3 Å². The molecule has 0 bridgehead atoms. The van der Waals surface area contributed by atoms with Crippen LogP contribution in [-0.2, 0) is 0 Å². The highest BCUT2D eigenvalue weighted by molar-refractivity contribution is 7.80. The first-order chi connectivity index (χ1) is 3.68. The molecule has 0 aliphatic heterocycles. The van der Waals surface area contributed by atoms with E-state index in [1.54, 1.807) is 4.90 Å². The van der Waals surface area contributed by atoms with E-state index in [0.29, 0.717) is 5.11 Å². The maximum absolute atomic E-state index is 4.89. The molecule has 0 spiro atoms. The van der Waals surface area contributed by atoms with Gasteiger partial charge < -0.3 is 4.90 Å². The Morgan fingerprint density at radius 1 is 1.62 bits per heavy atom. The zero-order valence-corrected chi connectivity index (χ0v) is 5.75. The Labute approximate surface area is 54.0 Å². The van der Waals surface area contributed by atoms with Crippen LogP contribution in [0.4, 0.5) is 0 Å². The molecule has 0 fully saturated rings. The second-order valence-electron chi connectivity index (χ2n) is 1.47. The summed E-state index contributed by atoms with van der Waals surface area (Å²) in [5, 5.41) is 0.563. The van der Waals surface area contributed by atoms with Crippen molar-refractivity contribution in [1.82, 2.24) is 15.9 Å². The van der Waals surface area contributed by atoms with Crippen LogP contribution in [0.15, 0.2) is 0 Å². The number of thiocarbonyl (C=S) groups is 1. The number of hydrogen-bond acceptors (Lipinski definition) is 3. The Morgan fingerprint density at radius 2 is 2.12 bits per heavy atom. The smallest absolute Gasteiger partial charge is 0.184 e. The standard InChI is InChI=1S/C3H10N4S/c1-7(2)3(8)5-6-4/h6H,4H2,1-2H3,(H,5,8). The van der Waals surface area contributed by atoms with Crippen molar-refractivity contribution in [3.05, 3.63) is 0 Å². The molecule has 0 radical (unpaired) electrons. The predicted octanol–water partition coefficient (Wildman–Crippen LogP) is -1.20. The molecule has 0 aromatic heterocycles. The molecule has 0 saturated heterocycles. The molecule has 0 aliphatic carbocycles. The summed E-state index contributed by atoms with van der Waals surface area (Å²) in [5.74, 6) is 4.89. The first-order valence-corrected chi connectivity index (χ1v) is 2.52. The van der Waals surface area contributed by atoms with Gasteiger partial charge in [0.1, 0.15) is 0 Å². The van der Waals surface area contributed by atoms with Gasteiger partial charge in [0.15, 0.2) is 5.11 Å². The molecule has 0 saturated carbocycles. The second kappa shape index (κ2) is 3.59. The number of nitrogens with one attached hydrogen (secondary N) is 2. The number of nitrogens with zero attached hydrogens (tertiary/aromatic N) is 1. The van der Waals surface area contributed by atoms with E-state index >= 15 is 0 Å². The molecule has 0 aliphatic rings. The first-order valence-electron chi connectivity index (χ1n) is 2.11. The molecule has 0 rings (SSSR count). The van der Waals surface area contributed by atoms with Crippen molar-refractivity contribution in [3.8, 4) is 0 Å². The number of hydrogen-bond donors (Lipinski definition) is 3. The minimum Gasteiger partial charge on any atom is -0.354 e. The van der Waals surface area contributed by atoms with E-state index in [4.69, 9.17) is 18.1 Å². The Hall–Kier alpha value is -0.390. The van der Waals surface area contributed by atoms with E-state index in [1.165, 1.54) is 0 Å². The second-order valence-corrected chi connectivity index (χ2v) is 1.86. The van der Waals surface area contributed by atoms with Gasteiger partial charge in [0.05, 0.1) is 0 Å². The van der Waals surface area contributed by atoms with Crippen LogP contribution in [0.3, 0.4) is 0 Å². The minimum atomic E-state index is 0.563. The van der Waals surface area contributed by atoms with Crippen LogP contribution < -0.4 is 16.8 Å². The lowest BCUT2D eigenvalue weighted by Gasteiger charge is -2.13. The Bertz CT molecular complexity index is 81.4. The number of rotatable bonds is 1. The molecule has 8 heavy (non-hydrogen) atoms. The molecule has 4 N–H and O–H groups in total. The minimum absolute atomic E-state index is 0.563. The zero-order valence-electron chi connectivity index (χ0n) is 4.93. The lowest BCUT2D eigenvalue weighted by Crippen LogP contribution is -2.46. The van der Waals surface area contributed by atoms with Crippen LogP contribution in [-0.4, -0.2) is 24.1 Å². The normalized spacial score (nSPS) is 8.38. The molecule has 0 heterocycles. The van der Waals surface area contributed by atoms with Gasteiger partial charge in [-0.15, -0.1) is 0 Å². The third-order valence-electron chi connectivity index (χ3n) is 0.585. The number of hydrazine groups is 2. The molecule has 0 aromatic rings. The lowest BCUT2D eigenvalue weighted by molar-refractivity contribution is 0.566. The van der Waals surface area contributed by atoms with E-state index < -0.39 is 0 Å². The topological polar surface area (TPSA) is 53.3 Å². The molecular formula is C3H10N4S. The van der Waals surface area contributed by atoms with Crippen molar-refractivity contribution in [2.45, 2.75) is 0 Å². The SMILES string of the molecule is CN(C)C(=S)NNN. The summed E-state index contributed by atoms with van der Waals surface area (Å²) in [6.45, 7) is 0. The van der Waals surface area contributed by atoms with Gasteiger partial charge in [0.25, 0.3) is 0 Å². The van der Waals surface area contributed by atoms with Gasteiger partial charge in [-0.1, -0.05) is 0 Å². The van der Waals surface area contributed by atoms with E-state index in [1.807, 2.05) is 14.1 Å². The summed E-state index contributed by atoms with van der Waals surface area (Å²) in [4.78, 5) is 1.73. The number of nitrogens with two attached hydrogens (primary N) is 1. The fraction of sp³-hybridized carbons (Fsp3) is 0.667. The maximum atomic E-state index is 4.89. The van der Waals surface area contributed by atoms with Crippen LogP contribution in [0.5, 0.6) is 0 Å². The molecule has 4 nitrogen and oxygen atoms in total. The summed E-state index contributed by atoms with van der Waals surface area (Å²) in [6.07, 6.45) is 0. The fourth-order valence-electron chi connectivity index (χ4n) is 0.174. The Balaban J connectivity index is 3.33. The largest absolute Gasteiger partial charge is 0.354 e. The fourth-order valence-corrected chi connectivity index (χ4v) is 0.232. The van der Waals surface area contributed by atoms with Gasteiger partial charge in [-0.05, 0) is 12.2 Å². The van der Waals surface area contributed by atoms with Crippen molar-refractivity contribution in [2.75, 3.05) is 14.1 Å². The van der Waals surface area contributed by atoms with Crippen molar-refractivity contribution >= 4 is 17.3 Å². The maximum Gasteiger partial charge on any atom is 0.184 e. The van der Waals surface area contributed by atoms with Gasteiger partial charge in [0, 0.05) is 14.1 Å². The summed E-state index contributed by atoms with van der Waals surface area (Å²) in [5.41, 5.74) is 4.75. The van der Waals surface area contributed by atoms with E-state index in [0.717, 1.165) is 0 Å². The van der Waals surface area contributed by atoms with E-state index in [9.17, 15) is 0 Å². The van der Waals surface area contributed by atoms with Gasteiger partial charge >= 0.3 is 0 Å². The van der Waals surface area contributed by atoms with E-state index in [2.05, 4.69) is 11.0 Å². The van der Waals surface area contributed by atoms with Gasteiger partial charge in [-0.25, -0.2) is 0 Å². The molecule has 5 heteroatoms. The van der Waals surface area contributed by atoms with Crippen molar-refractivity contribution < 1.29 is 0 Å². The molecule has 0 unspecified atom stereocenters. The third-order valence-corrected chi connectivity index (χ3v) is 1.05. The summed E-state index contributed by atoms with van der Waals surface area (Å²) < 4.78 is 0. The van der Waals surface area contributed by atoms with Gasteiger partial charge in [0.2, 0.25) is 0 Å². The summed E-state index contributed by atoms with van der Waals surface area (Å²) >= 11 is 4.75. The highest BCUT2D eigenvalue weighted by Crippen LogP contribution is 1.72. The van der Waals surface area contributed by atoms with Crippen molar-refractivity contribution in [2.24, 2.45) is 5.84 Å². The highest BCUT2D eigenvalue weighted by Gasteiger charge is 1.91. The van der Waals surface area contributed by atoms with E-state index in [-0.39, 0.29) is 0 Å². The lowest BCUT2D eigenvalue weighted by atomic mass is 10.9. The van der Waals surface area contributed by atoms with Crippen LogP contribution in [0, 0.1) is 0 Å². The predicted molar refractivity (Wildman–Crippen MR) is 36.7 cm³/mol.